The van der Waals surface area contributed by atoms with Crippen LogP contribution < -0.4 is 9.80 Å². The van der Waals surface area contributed by atoms with Crippen LogP contribution in [0.25, 0.3) is 0 Å². The van der Waals surface area contributed by atoms with E-state index in [-0.39, 0.29) is 17.0 Å². The van der Waals surface area contributed by atoms with Crippen LogP contribution in [0.5, 0.6) is 0 Å². The van der Waals surface area contributed by atoms with Gasteiger partial charge in [0, 0.05) is 22.2 Å². The molecular formula is C26H30N4. The number of benzene rings is 2. The van der Waals surface area contributed by atoms with Gasteiger partial charge in [0.25, 0.3) is 0 Å². The molecule has 4 heteroatoms. The van der Waals surface area contributed by atoms with Gasteiger partial charge in [0.15, 0.2) is 5.82 Å². The maximum atomic E-state index is 4.79. The Labute approximate surface area is 179 Å². The van der Waals surface area contributed by atoms with Gasteiger partial charge in [-0.2, -0.15) is 0 Å². The zero-order chi connectivity index (χ0) is 20.9. The molecule has 1 aromatic heterocycles. The first-order valence-electron chi connectivity index (χ1n) is 11.2. The van der Waals surface area contributed by atoms with E-state index in [1.165, 1.54) is 16.9 Å². The van der Waals surface area contributed by atoms with E-state index in [1.54, 1.807) is 6.33 Å². The molecule has 0 N–H and O–H groups in total. The molecule has 0 bridgehead atoms. The van der Waals surface area contributed by atoms with Gasteiger partial charge in [-0.1, -0.05) is 64.1 Å². The van der Waals surface area contributed by atoms with Crippen molar-refractivity contribution in [2.45, 2.75) is 58.5 Å². The van der Waals surface area contributed by atoms with E-state index in [4.69, 9.17) is 4.98 Å². The molecule has 0 radical (unpaired) electrons. The van der Waals surface area contributed by atoms with E-state index in [9.17, 15) is 0 Å². The lowest BCUT2D eigenvalue weighted by molar-refractivity contribution is 0.0773. The summed E-state index contributed by atoms with van der Waals surface area (Å²) in [4.78, 5) is 14.2. The molecule has 0 aliphatic carbocycles. The molecule has 0 saturated heterocycles. The molecule has 2 atom stereocenters. The van der Waals surface area contributed by atoms with Gasteiger partial charge in [-0.3, -0.25) is 0 Å². The topological polar surface area (TPSA) is 32.3 Å². The molecule has 154 valence electrons. The smallest absolute Gasteiger partial charge is 0.162 e. The SMILES string of the molecule is CCC1(CC)c2ccccc2N2c3ncncc3N(c3ccccc3)C2C1(C)CC. The summed E-state index contributed by atoms with van der Waals surface area (Å²) in [6.07, 6.45) is 7.10. The summed E-state index contributed by atoms with van der Waals surface area (Å²) in [5.74, 6) is 1.01. The van der Waals surface area contributed by atoms with E-state index in [0.29, 0.717) is 0 Å². The number of fused-ring (bicyclic) bond motifs is 5. The lowest BCUT2D eigenvalue weighted by atomic mass is 9.53. The van der Waals surface area contributed by atoms with Crippen LogP contribution in [0.2, 0.25) is 0 Å². The second-order valence-corrected chi connectivity index (χ2v) is 8.76. The monoisotopic (exact) mass is 398 g/mol. The molecule has 3 heterocycles. The van der Waals surface area contributed by atoms with Crippen LogP contribution in [-0.4, -0.2) is 16.1 Å². The van der Waals surface area contributed by atoms with Crippen molar-refractivity contribution in [3.05, 3.63) is 72.7 Å². The zero-order valence-corrected chi connectivity index (χ0v) is 18.3. The molecule has 0 saturated carbocycles. The summed E-state index contributed by atoms with van der Waals surface area (Å²) in [5.41, 5.74) is 5.13. The van der Waals surface area contributed by atoms with Crippen molar-refractivity contribution in [1.82, 2.24) is 9.97 Å². The minimum absolute atomic E-state index is 0.0153. The fourth-order valence-electron chi connectivity index (χ4n) is 6.32. The second kappa shape index (κ2) is 6.83. The van der Waals surface area contributed by atoms with Crippen LogP contribution in [0.15, 0.2) is 67.1 Å². The Balaban J connectivity index is 1.87. The molecule has 2 aromatic carbocycles. The van der Waals surface area contributed by atoms with Gasteiger partial charge >= 0.3 is 0 Å². The minimum atomic E-state index is 0.0153. The first kappa shape index (κ1) is 19.1. The van der Waals surface area contributed by atoms with Gasteiger partial charge in [0.1, 0.15) is 18.2 Å². The van der Waals surface area contributed by atoms with Crippen molar-refractivity contribution in [2.75, 3.05) is 9.80 Å². The lowest BCUT2D eigenvalue weighted by Crippen LogP contribution is -2.62. The predicted molar refractivity (Wildman–Crippen MR) is 124 cm³/mol. The van der Waals surface area contributed by atoms with Crippen molar-refractivity contribution in [2.24, 2.45) is 5.41 Å². The molecule has 2 aliphatic rings. The summed E-state index contributed by atoms with van der Waals surface area (Å²) in [6.45, 7) is 9.56. The Morgan fingerprint density at radius 2 is 1.53 bits per heavy atom. The molecule has 2 aliphatic heterocycles. The normalized spacial score (nSPS) is 23.7. The van der Waals surface area contributed by atoms with Gasteiger partial charge in [0.2, 0.25) is 0 Å². The highest BCUT2D eigenvalue weighted by atomic mass is 15.5. The Morgan fingerprint density at radius 3 is 2.23 bits per heavy atom. The van der Waals surface area contributed by atoms with Gasteiger partial charge < -0.3 is 9.80 Å². The zero-order valence-electron chi connectivity index (χ0n) is 18.3. The number of para-hydroxylation sites is 2. The fraction of sp³-hybridized carbons (Fsp3) is 0.385. The molecular weight excluding hydrogens is 368 g/mol. The average Bonchev–Trinajstić information content (AvgIpc) is 3.16. The van der Waals surface area contributed by atoms with E-state index < -0.39 is 0 Å². The quantitative estimate of drug-likeness (QED) is 0.497. The highest BCUT2D eigenvalue weighted by Crippen LogP contribution is 2.64. The van der Waals surface area contributed by atoms with Crippen molar-refractivity contribution < 1.29 is 0 Å². The third-order valence-electron chi connectivity index (χ3n) is 7.97. The lowest BCUT2D eigenvalue weighted by Gasteiger charge is -2.60. The molecule has 0 amide bonds. The Morgan fingerprint density at radius 1 is 0.833 bits per heavy atom. The van der Waals surface area contributed by atoms with Crippen LogP contribution in [0.4, 0.5) is 22.9 Å². The average molecular weight is 399 g/mol. The van der Waals surface area contributed by atoms with Crippen LogP contribution in [-0.2, 0) is 5.41 Å². The summed E-state index contributed by atoms with van der Waals surface area (Å²) < 4.78 is 0. The van der Waals surface area contributed by atoms with Crippen molar-refractivity contribution in [3.8, 4) is 0 Å². The highest BCUT2D eigenvalue weighted by Gasteiger charge is 2.61. The van der Waals surface area contributed by atoms with E-state index in [1.807, 2.05) is 6.20 Å². The molecule has 30 heavy (non-hydrogen) atoms. The third kappa shape index (κ3) is 2.22. The van der Waals surface area contributed by atoms with Crippen molar-refractivity contribution in [3.63, 3.8) is 0 Å². The number of anilines is 4. The number of hydrogen-bond donors (Lipinski definition) is 0. The number of hydrogen-bond acceptors (Lipinski definition) is 4. The second-order valence-electron chi connectivity index (χ2n) is 8.76. The largest absolute Gasteiger partial charge is 0.315 e. The summed E-state index contributed by atoms with van der Waals surface area (Å²) in [5, 5.41) is 0. The summed E-state index contributed by atoms with van der Waals surface area (Å²) in [6, 6.07) is 19.7. The maximum absolute atomic E-state index is 4.79. The van der Waals surface area contributed by atoms with Crippen molar-refractivity contribution >= 4 is 22.9 Å². The maximum Gasteiger partial charge on any atom is 0.162 e. The Kier molecular flexibility index (Phi) is 4.35. The fourth-order valence-corrected chi connectivity index (χ4v) is 6.32. The van der Waals surface area contributed by atoms with Gasteiger partial charge in [-0.05, 0) is 43.0 Å². The summed E-state index contributed by atoms with van der Waals surface area (Å²) >= 11 is 0. The summed E-state index contributed by atoms with van der Waals surface area (Å²) in [7, 11) is 0. The highest BCUT2D eigenvalue weighted by molar-refractivity contribution is 5.88. The predicted octanol–water partition coefficient (Wildman–Crippen LogP) is 6.58. The van der Waals surface area contributed by atoms with Crippen LogP contribution in [0, 0.1) is 5.41 Å². The van der Waals surface area contributed by atoms with Crippen LogP contribution in [0.3, 0.4) is 0 Å². The van der Waals surface area contributed by atoms with Gasteiger partial charge in [-0.25, -0.2) is 9.97 Å². The molecule has 4 nitrogen and oxygen atoms in total. The number of rotatable bonds is 4. The van der Waals surface area contributed by atoms with E-state index >= 15 is 0 Å². The Hall–Kier alpha value is -2.88. The molecule has 0 spiro atoms. The molecule has 0 fully saturated rings. The first-order valence-corrected chi connectivity index (χ1v) is 11.2. The Bertz CT molecular complexity index is 1060. The third-order valence-corrected chi connectivity index (χ3v) is 7.97. The van der Waals surface area contributed by atoms with E-state index in [0.717, 1.165) is 30.8 Å². The van der Waals surface area contributed by atoms with Gasteiger partial charge in [0.05, 0.1) is 6.20 Å². The number of aromatic nitrogens is 2. The number of nitrogens with zero attached hydrogens (tertiary/aromatic N) is 4. The molecule has 5 rings (SSSR count). The van der Waals surface area contributed by atoms with Crippen molar-refractivity contribution in [1.29, 1.82) is 0 Å². The molecule has 3 aromatic rings. The first-order chi connectivity index (χ1) is 14.6. The van der Waals surface area contributed by atoms with E-state index in [2.05, 4.69) is 97.1 Å². The molecule has 2 unspecified atom stereocenters. The minimum Gasteiger partial charge on any atom is -0.315 e. The van der Waals surface area contributed by atoms with Crippen LogP contribution in [0.1, 0.15) is 52.5 Å². The van der Waals surface area contributed by atoms with Crippen LogP contribution >= 0.6 is 0 Å². The standard InChI is InChI=1S/C26H30N4/c1-5-25(4)24-29(19-13-9-8-10-14-19)22-17-27-18-28-23(22)30(24)21-16-12-11-15-20(21)26(25,6-2)7-3/h8-18,24H,5-7H2,1-4H3. The van der Waals surface area contributed by atoms with Gasteiger partial charge in [-0.15, -0.1) is 0 Å².